The van der Waals surface area contributed by atoms with Gasteiger partial charge in [-0.25, -0.2) is 18.0 Å². The molecule has 31 heavy (non-hydrogen) atoms. The number of anilines is 1. The maximum atomic E-state index is 13.2. The molecule has 0 radical (unpaired) electrons. The summed E-state index contributed by atoms with van der Waals surface area (Å²) in [6.45, 7) is 0. The van der Waals surface area contributed by atoms with Gasteiger partial charge in [0.15, 0.2) is 5.16 Å². The van der Waals surface area contributed by atoms with Crippen LogP contribution in [0.5, 0.6) is 0 Å². The number of sulfonamides is 1. The van der Waals surface area contributed by atoms with E-state index >= 15 is 0 Å². The van der Waals surface area contributed by atoms with Crippen molar-refractivity contribution >= 4 is 39.4 Å². The topological polar surface area (TPSA) is 129 Å². The Hall–Kier alpha value is -3.38. The van der Waals surface area contributed by atoms with Crippen LogP contribution >= 0.6 is 11.8 Å². The zero-order valence-corrected chi connectivity index (χ0v) is 18.4. The Kier molecular flexibility index (Phi) is 6.61. The van der Waals surface area contributed by atoms with E-state index in [2.05, 4.69) is 24.4 Å². The Morgan fingerprint density at radius 1 is 1.06 bits per heavy atom. The van der Waals surface area contributed by atoms with Crippen molar-refractivity contribution in [3.05, 3.63) is 59.9 Å². The van der Waals surface area contributed by atoms with Crippen molar-refractivity contribution in [2.75, 3.05) is 18.9 Å². The lowest BCUT2D eigenvalue weighted by Crippen LogP contribution is -2.19. The molecule has 2 aromatic carbocycles. The number of hydrogen-bond donors (Lipinski definition) is 1. The number of nitrogens with zero attached hydrogens (tertiary/aromatic N) is 3. The number of esters is 2. The summed E-state index contributed by atoms with van der Waals surface area (Å²) < 4.78 is 39.9. The van der Waals surface area contributed by atoms with Crippen LogP contribution in [0.15, 0.2) is 63.7 Å². The largest absolute Gasteiger partial charge is 0.465 e. The number of hydrogen-bond acceptors (Lipinski definition) is 9. The van der Waals surface area contributed by atoms with Crippen LogP contribution in [-0.2, 0) is 26.5 Å². The van der Waals surface area contributed by atoms with Crippen molar-refractivity contribution in [2.45, 2.75) is 14.9 Å². The van der Waals surface area contributed by atoms with Gasteiger partial charge in [0.05, 0.1) is 31.0 Å². The van der Waals surface area contributed by atoms with Gasteiger partial charge >= 0.3 is 11.9 Å². The van der Waals surface area contributed by atoms with Crippen molar-refractivity contribution in [3.8, 4) is 0 Å². The minimum Gasteiger partial charge on any atom is -0.465 e. The first kappa shape index (κ1) is 22.3. The van der Waals surface area contributed by atoms with Gasteiger partial charge in [-0.05, 0) is 42.1 Å². The van der Waals surface area contributed by atoms with E-state index in [1.54, 1.807) is 35.9 Å². The first-order valence-electron chi connectivity index (χ1n) is 8.71. The number of carbonyl (C=O) groups excluding carboxylic acids is 2. The zero-order chi connectivity index (χ0) is 22.6. The van der Waals surface area contributed by atoms with Crippen molar-refractivity contribution in [2.24, 2.45) is 7.05 Å². The molecule has 10 nitrogen and oxygen atoms in total. The van der Waals surface area contributed by atoms with E-state index in [0.29, 0.717) is 10.1 Å². The fourth-order valence-electron chi connectivity index (χ4n) is 2.57. The Balaban J connectivity index is 2.04. The van der Waals surface area contributed by atoms with Crippen LogP contribution in [0, 0.1) is 0 Å². The molecule has 1 N–H and O–H groups in total. The Labute approximate surface area is 182 Å². The molecular formula is C19H18N4O6S2. The molecule has 0 aliphatic rings. The summed E-state index contributed by atoms with van der Waals surface area (Å²) in [5.74, 6) is -1.61. The van der Waals surface area contributed by atoms with Gasteiger partial charge in [-0.1, -0.05) is 12.1 Å². The van der Waals surface area contributed by atoms with Crippen LogP contribution in [0.3, 0.4) is 0 Å². The molecule has 0 saturated heterocycles. The second-order valence-corrected chi connectivity index (χ2v) is 8.78. The summed E-state index contributed by atoms with van der Waals surface area (Å²) in [5, 5.41) is 8.33. The molecule has 0 aliphatic carbocycles. The monoisotopic (exact) mass is 462 g/mol. The third kappa shape index (κ3) is 4.86. The number of para-hydroxylation sites is 1. The van der Waals surface area contributed by atoms with Gasteiger partial charge in [0.25, 0.3) is 10.0 Å². The van der Waals surface area contributed by atoms with E-state index in [-0.39, 0.29) is 16.8 Å². The highest BCUT2D eigenvalue weighted by Gasteiger charge is 2.26. The van der Waals surface area contributed by atoms with E-state index in [9.17, 15) is 18.0 Å². The molecule has 0 unspecified atom stereocenters. The average Bonchev–Trinajstić information content (AvgIpc) is 3.17. The summed E-state index contributed by atoms with van der Waals surface area (Å²) in [5.41, 5.74) is 0.00754. The number of nitrogens with one attached hydrogen (secondary N) is 1. The molecule has 1 heterocycles. The molecule has 162 valence electrons. The second kappa shape index (κ2) is 9.18. The standard InChI is InChI=1S/C19H18N4O6S2/c1-23-11-20-21-19(23)30-15-7-5-4-6-14(15)22-31(26,27)16-10-12(17(24)28-2)8-9-13(16)18(25)29-3/h4-11,22H,1-3H3. The highest BCUT2D eigenvalue weighted by atomic mass is 32.2. The number of benzene rings is 2. The van der Waals surface area contributed by atoms with Crippen LogP contribution < -0.4 is 4.72 Å². The van der Waals surface area contributed by atoms with E-state index in [0.717, 1.165) is 13.2 Å². The van der Waals surface area contributed by atoms with Crippen LogP contribution in [0.2, 0.25) is 0 Å². The maximum absolute atomic E-state index is 13.2. The quantitative estimate of drug-likeness (QED) is 0.526. The van der Waals surface area contributed by atoms with E-state index < -0.39 is 26.9 Å². The fourth-order valence-corrected chi connectivity index (χ4v) is 4.79. The van der Waals surface area contributed by atoms with E-state index in [4.69, 9.17) is 0 Å². The summed E-state index contributed by atoms with van der Waals surface area (Å²) in [6.07, 6.45) is 1.52. The van der Waals surface area contributed by atoms with Crippen LogP contribution in [-0.4, -0.2) is 49.3 Å². The van der Waals surface area contributed by atoms with Gasteiger partial charge in [-0.15, -0.1) is 10.2 Å². The van der Waals surface area contributed by atoms with Gasteiger partial charge in [0.2, 0.25) is 0 Å². The number of ether oxygens (including phenoxy) is 2. The lowest BCUT2D eigenvalue weighted by atomic mass is 10.1. The number of rotatable bonds is 7. The molecule has 0 bridgehead atoms. The number of methoxy groups -OCH3 is 2. The molecular weight excluding hydrogens is 444 g/mol. The van der Waals surface area contributed by atoms with E-state index in [1.807, 2.05) is 0 Å². The second-order valence-electron chi connectivity index (χ2n) is 6.12. The van der Waals surface area contributed by atoms with Crippen molar-refractivity contribution in [3.63, 3.8) is 0 Å². The van der Waals surface area contributed by atoms with Crippen LogP contribution in [0.4, 0.5) is 5.69 Å². The molecule has 0 saturated carbocycles. The molecule has 0 spiro atoms. The predicted molar refractivity (Wildman–Crippen MR) is 111 cm³/mol. The van der Waals surface area contributed by atoms with Gasteiger partial charge in [0, 0.05) is 11.9 Å². The minimum atomic E-state index is -4.29. The van der Waals surface area contributed by atoms with Crippen LogP contribution in [0.25, 0.3) is 0 Å². The zero-order valence-electron chi connectivity index (χ0n) is 16.7. The van der Waals surface area contributed by atoms with Crippen molar-refractivity contribution < 1.29 is 27.5 Å². The predicted octanol–water partition coefficient (Wildman–Crippen LogP) is 2.34. The van der Waals surface area contributed by atoms with Gasteiger partial charge < -0.3 is 14.0 Å². The third-order valence-electron chi connectivity index (χ3n) is 4.10. The summed E-state index contributed by atoms with van der Waals surface area (Å²) in [4.78, 5) is 24.2. The van der Waals surface area contributed by atoms with E-state index in [1.165, 1.54) is 37.3 Å². The SMILES string of the molecule is COC(=O)c1ccc(C(=O)OC)c(S(=O)(=O)Nc2ccccc2Sc2nncn2C)c1. The molecule has 1 aromatic heterocycles. The van der Waals surface area contributed by atoms with Crippen LogP contribution in [0.1, 0.15) is 20.7 Å². The Bertz CT molecular complexity index is 1240. The normalized spacial score (nSPS) is 11.1. The molecule has 0 aliphatic heterocycles. The molecule has 3 rings (SSSR count). The Morgan fingerprint density at radius 2 is 1.77 bits per heavy atom. The molecule has 3 aromatic rings. The Morgan fingerprint density at radius 3 is 2.42 bits per heavy atom. The number of carbonyl (C=O) groups is 2. The number of aromatic nitrogens is 3. The minimum absolute atomic E-state index is 0.0303. The van der Waals surface area contributed by atoms with Gasteiger partial charge in [0.1, 0.15) is 11.2 Å². The number of aryl methyl sites for hydroxylation is 1. The first-order valence-corrected chi connectivity index (χ1v) is 11.0. The molecule has 12 heteroatoms. The average molecular weight is 463 g/mol. The lowest BCUT2D eigenvalue weighted by molar-refractivity contribution is 0.0583. The summed E-state index contributed by atoms with van der Waals surface area (Å²) in [7, 11) is -0.228. The van der Waals surface area contributed by atoms with Gasteiger partial charge in [-0.2, -0.15) is 0 Å². The maximum Gasteiger partial charge on any atom is 0.339 e. The van der Waals surface area contributed by atoms with Crippen molar-refractivity contribution in [1.29, 1.82) is 0 Å². The van der Waals surface area contributed by atoms with Gasteiger partial charge in [-0.3, -0.25) is 4.72 Å². The summed E-state index contributed by atoms with van der Waals surface area (Å²) in [6, 6.07) is 10.2. The first-order chi connectivity index (χ1) is 14.8. The molecule has 0 fully saturated rings. The molecule has 0 amide bonds. The fraction of sp³-hybridized carbons (Fsp3) is 0.158. The highest BCUT2D eigenvalue weighted by Crippen LogP contribution is 2.33. The molecule has 0 atom stereocenters. The third-order valence-corrected chi connectivity index (χ3v) is 6.63. The summed E-state index contributed by atoms with van der Waals surface area (Å²) >= 11 is 1.21. The highest BCUT2D eigenvalue weighted by molar-refractivity contribution is 7.99. The smallest absolute Gasteiger partial charge is 0.339 e. The van der Waals surface area contributed by atoms with Crippen molar-refractivity contribution in [1.82, 2.24) is 14.8 Å². The lowest BCUT2D eigenvalue weighted by Gasteiger charge is -2.14.